The van der Waals surface area contributed by atoms with E-state index in [1.165, 1.54) is 104 Å². The molecular weight excluding hydrogens is 888 g/mol. The first-order valence-corrected chi connectivity index (χ1v) is 25.5. The zero-order valence-corrected chi connectivity index (χ0v) is 41.1. The van der Waals surface area contributed by atoms with Crippen LogP contribution < -0.4 is 4.90 Å². The lowest BCUT2D eigenvalue weighted by atomic mass is 9.81. The summed E-state index contributed by atoms with van der Waals surface area (Å²) in [6, 6.07) is 81.6. The Hall–Kier alpha value is -8.79. The smallest absolute Gasteiger partial charge is 0.123 e. The van der Waals surface area contributed by atoms with Crippen molar-refractivity contribution in [3.63, 3.8) is 0 Å². The van der Waals surface area contributed by atoms with Crippen molar-refractivity contribution in [1.82, 2.24) is 4.57 Å². The normalized spacial score (nSPS) is 14.0. The number of benzene rings is 12. The van der Waals surface area contributed by atoms with Crippen LogP contribution in [0.3, 0.4) is 0 Å². The topological polar surface area (TPSA) is 8.17 Å². The predicted molar refractivity (Wildman–Crippen MR) is 305 cm³/mol. The van der Waals surface area contributed by atoms with Gasteiger partial charge < -0.3 is 9.47 Å². The van der Waals surface area contributed by atoms with E-state index in [1.807, 2.05) is 12.1 Å². The molecule has 0 N–H and O–H groups in total. The Kier molecular flexibility index (Phi) is 8.69. The third-order valence-corrected chi connectivity index (χ3v) is 16.8. The standard InChI is InChI=1S/C70H49FN2/c1-69(2)60-16-9-8-15-54(60)56-35-30-52(40-62(56)69)72(50-26-19-43(20-27-50)42-11-6-5-7-12-42)53-31-36-57-55-32-22-46(37-61(55)70(3,4)63(57)41-53)47-23-33-58-64(38-47)73(51-28-24-49(71)25-29-51)65-39-48-18-17-44-13-10-14-45-21-34-59(68(58)65)67(48)66(44)45/h5-41H,1-4H3. The molecule has 13 aromatic rings. The van der Waals surface area contributed by atoms with E-state index in [4.69, 9.17) is 0 Å². The highest BCUT2D eigenvalue weighted by Crippen LogP contribution is 2.54. The summed E-state index contributed by atoms with van der Waals surface area (Å²) in [5, 5.41) is 9.92. The average Bonchev–Trinajstić information content (AvgIpc) is 3.96. The molecule has 0 fully saturated rings. The molecule has 0 spiro atoms. The third kappa shape index (κ3) is 6.03. The summed E-state index contributed by atoms with van der Waals surface area (Å²) >= 11 is 0. The van der Waals surface area contributed by atoms with E-state index in [0.29, 0.717) is 0 Å². The number of anilines is 3. The number of hydrogen-bond donors (Lipinski definition) is 0. The fourth-order valence-electron chi connectivity index (χ4n) is 13.1. The quantitative estimate of drug-likeness (QED) is 0.151. The molecule has 0 aliphatic heterocycles. The first-order valence-electron chi connectivity index (χ1n) is 25.5. The predicted octanol–water partition coefficient (Wildman–Crippen LogP) is 19.2. The number of halogens is 1. The molecule has 0 unspecified atom stereocenters. The van der Waals surface area contributed by atoms with Gasteiger partial charge in [-0.3, -0.25) is 0 Å². The number of rotatable bonds is 6. The monoisotopic (exact) mass is 936 g/mol. The van der Waals surface area contributed by atoms with Crippen molar-refractivity contribution in [3.05, 3.63) is 253 Å². The Morgan fingerprint density at radius 1 is 0.342 bits per heavy atom. The molecule has 0 bridgehead atoms. The van der Waals surface area contributed by atoms with Crippen LogP contribution in [-0.4, -0.2) is 4.57 Å². The number of aromatic nitrogens is 1. The van der Waals surface area contributed by atoms with Crippen molar-refractivity contribution < 1.29 is 4.39 Å². The lowest BCUT2D eigenvalue weighted by Crippen LogP contribution is -2.18. The summed E-state index contributed by atoms with van der Waals surface area (Å²) in [6.07, 6.45) is 0. The summed E-state index contributed by atoms with van der Waals surface area (Å²) < 4.78 is 16.9. The minimum Gasteiger partial charge on any atom is -0.310 e. The van der Waals surface area contributed by atoms with E-state index in [0.717, 1.165) is 39.3 Å². The summed E-state index contributed by atoms with van der Waals surface area (Å²) in [6.45, 7) is 9.48. The van der Waals surface area contributed by atoms with Gasteiger partial charge in [-0.25, -0.2) is 4.39 Å². The molecule has 15 rings (SSSR count). The van der Waals surface area contributed by atoms with E-state index in [-0.39, 0.29) is 16.6 Å². The minimum absolute atomic E-state index is 0.131. The van der Waals surface area contributed by atoms with Crippen LogP contribution in [0, 0.1) is 5.82 Å². The van der Waals surface area contributed by atoms with Gasteiger partial charge in [-0.05, 0) is 178 Å². The maximum Gasteiger partial charge on any atom is 0.123 e. The highest BCUT2D eigenvalue weighted by molar-refractivity contribution is 6.33. The van der Waals surface area contributed by atoms with E-state index in [9.17, 15) is 4.39 Å². The Morgan fingerprint density at radius 2 is 0.877 bits per heavy atom. The number of hydrogen-bond acceptors (Lipinski definition) is 1. The Bertz CT molecular complexity index is 4410. The first-order chi connectivity index (χ1) is 35.6. The highest BCUT2D eigenvalue weighted by atomic mass is 19.1. The van der Waals surface area contributed by atoms with Crippen LogP contribution in [-0.2, 0) is 10.8 Å². The van der Waals surface area contributed by atoms with Crippen LogP contribution in [0.25, 0.3) is 104 Å². The van der Waals surface area contributed by atoms with Gasteiger partial charge in [-0.1, -0.05) is 173 Å². The van der Waals surface area contributed by atoms with E-state index in [1.54, 1.807) is 12.1 Å². The lowest BCUT2D eigenvalue weighted by molar-refractivity contribution is 0.627. The molecule has 0 amide bonds. The Labute approximate surface area is 424 Å². The molecule has 0 saturated carbocycles. The summed E-state index contributed by atoms with van der Waals surface area (Å²) in [5.74, 6) is -0.245. The van der Waals surface area contributed by atoms with Gasteiger partial charge in [0.2, 0.25) is 0 Å². The van der Waals surface area contributed by atoms with Crippen molar-refractivity contribution >= 4 is 71.2 Å². The van der Waals surface area contributed by atoms with Crippen LogP contribution >= 0.6 is 0 Å². The van der Waals surface area contributed by atoms with Crippen LogP contribution in [0.4, 0.5) is 21.5 Å². The van der Waals surface area contributed by atoms with Crippen LogP contribution in [0.15, 0.2) is 224 Å². The fraction of sp³-hybridized carbons (Fsp3) is 0.0857. The number of fused-ring (bicyclic) bond motifs is 10. The third-order valence-electron chi connectivity index (χ3n) is 16.8. The molecule has 0 saturated heterocycles. The van der Waals surface area contributed by atoms with Crippen molar-refractivity contribution in [2.45, 2.75) is 38.5 Å². The van der Waals surface area contributed by atoms with Gasteiger partial charge in [0.1, 0.15) is 5.82 Å². The highest BCUT2D eigenvalue weighted by Gasteiger charge is 2.38. The zero-order valence-electron chi connectivity index (χ0n) is 41.1. The molecule has 0 radical (unpaired) electrons. The van der Waals surface area contributed by atoms with Gasteiger partial charge >= 0.3 is 0 Å². The maximum absolute atomic E-state index is 14.6. The number of nitrogens with zero attached hydrogens (tertiary/aromatic N) is 2. The summed E-state index contributed by atoms with van der Waals surface area (Å²) in [5.41, 5.74) is 21.4. The fourth-order valence-corrected chi connectivity index (χ4v) is 13.1. The maximum atomic E-state index is 14.6. The SMILES string of the molecule is CC1(C)c2ccccc2-c2ccc(N(c3ccc(-c4ccccc4)cc3)c3ccc4c(c3)C(C)(C)c3cc(-c5ccc6c7c8ccc9cccc%10ccc(cc7n(-c7ccc(F)cc7)c6c5)c8c%109)ccc3-4)cc21. The molecule has 1 heterocycles. The summed E-state index contributed by atoms with van der Waals surface area (Å²) in [7, 11) is 0. The molecular formula is C70H49FN2. The molecule has 0 atom stereocenters. The molecule has 12 aromatic carbocycles. The largest absolute Gasteiger partial charge is 0.310 e. The van der Waals surface area contributed by atoms with Crippen LogP contribution in [0.5, 0.6) is 0 Å². The van der Waals surface area contributed by atoms with E-state index in [2.05, 4.69) is 237 Å². The van der Waals surface area contributed by atoms with Gasteiger partial charge in [0.15, 0.2) is 0 Å². The van der Waals surface area contributed by atoms with Gasteiger partial charge in [-0.2, -0.15) is 0 Å². The van der Waals surface area contributed by atoms with Crippen LogP contribution in [0.2, 0.25) is 0 Å². The lowest BCUT2D eigenvalue weighted by Gasteiger charge is -2.30. The van der Waals surface area contributed by atoms with Gasteiger partial charge in [0.05, 0.1) is 11.0 Å². The zero-order chi connectivity index (χ0) is 48.9. The van der Waals surface area contributed by atoms with Crippen LogP contribution in [0.1, 0.15) is 49.9 Å². The van der Waals surface area contributed by atoms with E-state index < -0.39 is 0 Å². The second-order valence-corrected chi connectivity index (χ2v) is 21.4. The van der Waals surface area contributed by atoms with Gasteiger partial charge in [-0.15, -0.1) is 0 Å². The molecule has 346 valence electrons. The van der Waals surface area contributed by atoms with Gasteiger partial charge in [0, 0.05) is 44.4 Å². The van der Waals surface area contributed by atoms with Crippen molar-refractivity contribution in [2.75, 3.05) is 4.90 Å². The van der Waals surface area contributed by atoms with Gasteiger partial charge in [0.25, 0.3) is 0 Å². The molecule has 2 nitrogen and oxygen atoms in total. The molecule has 2 aliphatic rings. The van der Waals surface area contributed by atoms with Crippen molar-refractivity contribution in [3.8, 4) is 50.2 Å². The minimum atomic E-state index is -0.287. The molecule has 1 aromatic heterocycles. The molecule has 2 aliphatic carbocycles. The second kappa shape index (κ2) is 15.1. The second-order valence-electron chi connectivity index (χ2n) is 21.4. The van der Waals surface area contributed by atoms with Crippen molar-refractivity contribution in [2.24, 2.45) is 0 Å². The summed E-state index contributed by atoms with van der Waals surface area (Å²) in [4.78, 5) is 2.45. The Morgan fingerprint density at radius 3 is 1.60 bits per heavy atom. The molecule has 3 heteroatoms. The average molecular weight is 937 g/mol. The molecule has 73 heavy (non-hydrogen) atoms. The van der Waals surface area contributed by atoms with E-state index >= 15 is 0 Å². The Balaban J connectivity index is 0.858. The first kappa shape index (κ1) is 41.9. The van der Waals surface area contributed by atoms with Crippen molar-refractivity contribution in [1.29, 1.82) is 0 Å².